The van der Waals surface area contributed by atoms with Crippen molar-refractivity contribution in [3.63, 3.8) is 0 Å². The number of fused-ring (bicyclic) bond motifs is 2. The molecule has 1 aliphatic rings. The third-order valence-electron chi connectivity index (χ3n) is 5.76. The van der Waals surface area contributed by atoms with Crippen molar-refractivity contribution in [2.75, 3.05) is 11.1 Å². The predicted octanol–water partition coefficient (Wildman–Crippen LogP) is 4.26. The summed E-state index contributed by atoms with van der Waals surface area (Å²) in [7, 11) is 0. The number of nitrogens with two attached hydrogens (primary N) is 1. The number of amides is 1. The van der Waals surface area contributed by atoms with E-state index < -0.39 is 11.7 Å². The van der Waals surface area contributed by atoms with Crippen LogP contribution in [0.25, 0.3) is 22.3 Å². The second kappa shape index (κ2) is 7.80. The molecule has 0 aliphatic carbocycles. The monoisotopic (exact) mass is 487 g/mol. The number of rotatable bonds is 4. The maximum absolute atomic E-state index is 12.3. The van der Waals surface area contributed by atoms with Crippen LogP contribution in [0.15, 0.2) is 53.3 Å². The van der Waals surface area contributed by atoms with E-state index in [2.05, 4.69) is 37.3 Å². The minimum absolute atomic E-state index is 0.381. The number of halogens is 1. The van der Waals surface area contributed by atoms with Crippen LogP contribution in [0, 0.1) is 6.92 Å². The van der Waals surface area contributed by atoms with E-state index in [-0.39, 0.29) is 0 Å². The Morgan fingerprint density at radius 1 is 1.03 bits per heavy atom. The standard InChI is InChI=1S/C24H18BrN5O2/c1-12-15(8-9-17-19(12)21(31)24(32)30-17)18-10-14(7-6-13-4-2-3-5-16(13)25)20-22(26)27-11-28-23(20)29-18/h2-5,8-11H,6-7H2,1H3,(H,30,31,32)(H2,26,27,28,29). The zero-order chi connectivity index (χ0) is 22.4. The molecular formula is C24H18BrN5O2. The molecule has 0 spiro atoms. The number of nitrogens with one attached hydrogen (secondary N) is 1. The predicted molar refractivity (Wildman–Crippen MR) is 126 cm³/mol. The Morgan fingerprint density at radius 3 is 2.62 bits per heavy atom. The van der Waals surface area contributed by atoms with E-state index >= 15 is 0 Å². The molecule has 7 nitrogen and oxygen atoms in total. The van der Waals surface area contributed by atoms with E-state index in [0.29, 0.717) is 40.4 Å². The number of hydrogen-bond donors (Lipinski definition) is 2. The van der Waals surface area contributed by atoms with Crippen molar-refractivity contribution in [1.29, 1.82) is 0 Å². The van der Waals surface area contributed by atoms with E-state index in [1.807, 2.05) is 37.3 Å². The molecule has 0 atom stereocenters. The van der Waals surface area contributed by atoms with Crippen molar-refractivity contribution in [2.45, 2.75) is 19.8 Å². The third kappa shape index (κ3) is 3.33. The molecule has 5 rings (SSSR count). The van der Waals surface area contributed by atoms with Crippen molar-refractivity contribution in [3.8, 4) is 11.3 Å². The number of nitrogens with zero attached hydrogens (tertiary/aromatic N) is 3. The maximum atomic E-state index is 12.3. The number of carbonyl (C=O) groups excluding carboxylic acids is 2. The van der Waals surface area contributed by atoms with E-state index in [1.54, 1.807) is 6.07 Å². The lowest BCUT2D eigenvalue weighted by atomic mass is 9.95. The summed E-state index contributed by atoms with van der Waals surface area (Å²) in [6, 6.07) is 13.7. The molecule has 2 aromatic heterocycles. The van der Waals surface area contributed by atoms with Gasteiger partial charge in [0.25, 0.3) is 11.7 Å². The molecule has 0 bridgehead atoms. The topological polar surface area (TPSA) is 111 Å². The first-order chi connectivity index (χ1) is 15.4. The highest BCUT2D eigenvalue weighted by Crippen LogP contribution is 2.35. The molecule has 158 valence electrons. The molecule has 3 heterocycles. The average Bonchev–Trinajstić information content (AvgIpc) is 3.07. The van der Waals surface area contributed by atoms with Gasteiger partial charge < -0.3 is 11.1 Å². The number of anilines is 2. The fourth-order valence-corrected chi connectivity index (χ4v) is 4.63. The van der Waals surface area contributed by atoms with Gasteiger partial charge in [0.1, 0.15) is 12.1 Å². The van der Waals surface area contributed by atoms with Crippen molar-refractivity contribution in [1.82, 2.24) is 15.0 Å². The third-order valence-corrected chi connectivity index (χ3v) is 6.53. The van der Waals surface area contributed by atoms with Gasteiger partial charge in [0.05, 0.1) is 22.3 Å². The number of carbonyl (C=O) groups is 2. The molecule has 0 unspecified atom stereocenters. The van der Waals surface area contributed by atoms with E-state index in [9.17, 15) is 9.59 Å². The number of benzene rings is 2. The van der Waals surface area contributed by atoms with Crippen molar-refractivity contribution in [2.24, 2.45) is 0 Å². The van der Waals surface area contributed by atoms with Gasteiger partial charge in [0.15, 0.2) is 5.65 Å². The maximum Gasteiger partial charge on any atom is 0.296 e. The number of hydrogen-bond acceptors (Lipinski definition) is 6. The largest absolute Gasteiger partial charge is 0.383 e. The second-order valence-electron chi connectivity index (χ2n) is 7.66. The first-order valence-corrected chi connectivity index (χ1v) is 10.9. The first kappa shape index (κ1) is 20.3. The lowest BCUT2D eigenvalue weighted by molar-refractivity contribution is -0.112. The van der Waals surface area contributed by atoms with Gasteiger partial charge in [-0.1, -0.05) is 40.2 Å². The van der Waals surface area contributed by atoms with Crippen LogP contribution in [0.2, 0.25) is 0 Å². The zero-order valence-electron chi connectivity index (χ0n) is 17.1. The highest BCUT2D eigenvalue weighted by atomic mass is 79.9. The smallest absolute Gasteiger partial charge is 0.296 e. The number of pyridine rings is 1. The van der Waals surface area contributed by atoms with E-state index in [4.69, 9.17) is 10.7 Å². The van der Waals surface area contributed by atoms with Crippen LogP contribution in [0.1, 0.15) is 27.0 Å². The Hall–Kier alpha value is -3.65. The SMILES string of the molecule is Cc1c(-c2cc(CCc3ccccc3Br)c3c(N)ncnc3n2)ccc2c1C(=O)C(=O)N2. The van der Waals surface area contributed by atoms with Gasteiger partial charge in [0.2, 0.25) is 0 Å². The van der Waals surface area contributed by atoms with Crippen LogP contribution in [0.5, 0.6) is 0 Å². The van der Waals surface area contributed by atoms with Crippen LogP contribution in [0.4, 0.5) is 11.5 Å². The average molecular weight is 488 g/mol. The Labute approximate surface area is 192 Å². The molecule has 32 heavy (non-hydrogen) atoms. The number of ketones is 1. The molecule has 0 radical (unpaired) electrons. The molecule has 1 aliphatic heterocycles. The molecule has 3 N–H and O–H groups in total. The van der Waals surface area contributed by atoms with Crippen LogP contribution in [-0.2, 0) is 17.6 Å². The molecule has 0 saturated heterocycles. The molecule has 0 fully saturated rings. The number of Topliss-reactive ketones (excluding diaryl/α,β-unsaturated/α-hetero) is 1. The van der Waals surface area contributed by atoms with Crippen LogP contribution in [0.3, 0.4) is 0 Å². The van der Waals surface area contributed by atoms with E-state index in [1.165, 1.54) is 11.9 Å². The summed E-state index contributed by atoms with van der Waals surface area (Å²) >= 11 is 3.61. The van der Waals surface area contributed by atoms with Gasteiger partial charge in [-0.25, -0.2) is 15.0 Å². The number of aryl methyl sites for hydroxylation is 2. The Balaban J connectivity index is 1.64. The summed E-state index contributed by atoms with van der Waals surface area (Å²) in [5, 5.41) is 3.34. The Bertz CT molecular complexity index is 1430. The molecule has 1 amide bonds. The van der Waals surface area contributed by atoms with Gasteiger partial charge in [-0.15, -0.1) is 0 Å². The summed E-state index contributed by atoms with van der Waals surface area (Å²) in [6.07, 6.45) is 2.89. The summed E-state index contributed by atoms with van der Waals surface area (Å²) in [4.78, 5) is 37.4. The quantitative estimate of drug-likeness (QED) is 0.416. The van der Waals surface area contributed by atoms with Gasteiger partial charge in [0, 0.05) is 10.0 Å². The van der Waals surface area contributed by atoms with Gasteiger partial charge in [-0.05, 0) is 54.7 Å². The van der Waals surface area contributed by atoms with Crippen LogP contribution >= 0.6 is 15.9 Å². The van der Waals surface area contributed by atoms with Gasteiger partial charge in [-0.3, -0.25) is 9.59 Å². The van der Waals surface area contributed by atoms with Crippen molar-refractivity contribution >= 4 is 50.2 Å². The summed E-state index contributed by atoms with van der Waals surface area (Å²) in [5.74, 6) is -0.756. The summed E-state index contributed by atoms with van der Waals surface area (Å²) < 4.78 is 1.05. The first-order valence-electron chi connectivity index (χ1n) is 10.1. The highest BCUT2D eigenvalue weighted by molar-refractivity contribution is 9.10. The van der Waals surface area contributed by atoms with Gasteiger partial charge in [-0.2, -0.15) is 0 Å². The highest BCUT2D eigenvalue weighted by Gasteiger charge is 2.31. The minimum atomic E-state index is -0.610. The molecule has 0 saturated carbocycles. The van der Waals surface area contributed by atoms with E-state index in [0.717, 1.165) is 27.4 Å². The van der Waals surface area contributed by atoms with Gasteiger partial charge >= 0.3 is 0 Å². The molecule has 4 aromatic rings. The van der Waals surface area contributed by atoms with Crippen molar-refractivity contribution in [3.05, 3.63) is 75.5 Å². The second-order valence-corrected chi connectivity index (χ2v) is 8.51. The molecule has 2 aromatic carbocycles. The fourth-order valence-electron chi connectivity index (χ4n) is 4.15. The number of nitrogen functional groups attached to an aromatic ring is 1. The van der Waals surface area contributed by atoms with Crippen LogP contribution < -0.4 is 11.1 Å². The molecule has 8 heteroatoms. The normalized spacial score (nSPS) is 12.8. The van der Waals surface area contributed by atoms with Crippen molar-refractivity contribution < 1.29 is 9.59 Å². The lowest BCUT2D eigenvalue weighted by Gasteiger charge is -2.13. The Morgan fingerprint density at radius 2 is 1.81 bits per heavy atom. The molecular weight excluding hydrogens is 470 g/mol. The summed E-state index contributed by atoms with van der Waals surface area (Å²) in [5.41, 5.74) is 11.9. The minimum Gasteiger partial charge on any atom is -0.383 e. The fraction of sp³-hybridized carbons (Fsp3) is 0.125. The lowest BCUT2D eigenvalue weighted by Crippen LogP contribution is -2.13. The van der Waals surface area contributed by atoms with Crippen LogP contribution in [-0.4, -0.2) is 26.6 Å². The summed E-state index contributed by atoms with van der Waals surface area (Å²) in [6.45, 7) is 1.83. The number of aromatic nitrogens is 3. The Kier molecular flexibility index (Phi) is 4.94. The zero-order valence-corrected chi connectivity index (χ0v) is 18.7.